The van der Waals surface area contributed by atoms with E-state index >= 15 is 0 Å². The summed E-state index contributed by atoms with van der Waals surface area (Å²) in [7, 11) is 0. The maximum Gasteiger partial charge on any atom is 0.336 e. The number of oxime groups is 1. The van der Waals surface area contributed by atoms with Gasteiger partial charge in [-0.3, -0.25) is 24.3 Å². The molecule has 0 bridgehead atoms. The average molecular weight is 370 g/mol. The lowest BCUT2D eigenvalue weighted by Crippen LogP contribution is -2.32. The number of aromatic amines is 2. The lowest BCUT2D eigenvalue weighted by Gasteiger charge is -2.12. The molecule has 138 valence electrons. The number of carbonyl (C=O) groups excluding carboxylic acids is 3. The van der Waals surface area contributed by atoms with E-state index in [1.54, 1.807) is 24.3 Å². The van der Waals surface area contributed by atoms with Crippen molar-refractivity contribution in [3.05, 3.63) is 67.5 Å². The molecule has 0 saturated heterocycles. The fraction of sp³-hybridized carbons (Fsp3) is 0.176. The molecule has 10 heteroatoms. The van der Waals surface area contributed by atoms with E-state index in [1.165, 1.54) is 6.92 Å². The Hall–Kier alpha value is -3.82. The van der Waals surface area contributed by atoms with Crippen LogP contribution in [-0.4, -0.2) is 45.4 Å². The van der Waals surface area contributed by atoms with Crippen LogP contribution in [0.5, 0.6) is 0 Å². The van der Waals surface area contributed by atoms with Gasteiger partial charge in [-0.15, -0.1) is 0 Å². The fourth-order valence-corrected chi connectivity index (χ4v) is 2.59. The predicted octanol–water partition coefficient (Wildman–Crippen LogP) is -0.0650. The Morgan fingerprint density at radius 2 is 1.74 bits per heavy atom. The molecule has 3 rings (SSSR count). The van der Waals surface area contributed by atoms with Crippen LogP contribution in [0.15, 0.2) is 39.0 Å². The van der Waals surface area contributed by atoms with E-state index in [1.807, 2.05) is 4.98 Å². The molecule has 0 spiro atoms. The number of benzene rings is 1. The van der Waals surface area contributed by atoms with Gasteiger partial charge in [0, 0.05) is 12.2 Å². The Balaban J connectivity index is 1.59. The first-order valence-corrected chi connectivity index (χ1v) is 7.90. The molecule has 2 N–H and O–H groups in total. The van der Waals surface area contributed by atoms with Crippen LogP contribution in [0.4, 0.5) is 0 Å². The van der Waals surface area contributed by atoms with E-state index in [-0.39, 0.29) is 24.2 Å². The lowest BCUT2D eigenvalue weighted by molar-refractivity contribution is -0.143. The molecule has 10 nitrogen and oxygen atoms in total. The van der Waals surface area contributed by atoms with E-state index in [0.717, 1.165) is 11.1 Å². The fourth-order valence-electron chi connectivity index (χ4n) is 2.59. The third-order valence-electron chi connectivity index (χ3n) is 3.93. The third-order valence-corrected chi connectivity index (χ3v) is 3.93. The number of imide groups is 1. The number of nitrogens with one attached hydrogen (secondary N) is 2. The third kappa shape index (κ3) is 3.59. The summed E-state index contributed by atoms with van der Waals surface area (Å²) >= 11 is 0. The van der Waals surface area contributed by atoms with E-state index in [2.05, 4.69) is 15.0 Å². The van der Waals surface area contributed by atoms with Crippen LogP contribution >= 0.6 is 0 Å². The normalized spacial score (nSPS) is 13.3. The van der Waals surface area contributed by atoms with E-state index < -0.39 is 29.0 Å². The number of H-pyrrole nitrogens is 2. The van der Waals surface area contributed by atoms with Crippen LogP contribution < -0.4 is 11.2 Å². The van der Waals surface area contributed by atoms with Crippen molar-refractivity contribution in [1.29, 1.82) is 0 Å². The highest BCUT2D eigenvalue weighted by Crippen LogP contribution is 2.22. The number of carbonyl (C=O) groups is 3. The summed E-state index contributed by atoms with van der Waals surface area (Å²) in [4.78, 5) is 68.8. The second kappa shape index (κ2) is 7.20. The maximum atomic E-state index is 12.2. The summed E-state index contributed by atoms with van der Waals surface area (Å²) in [5.41, 5.74) is -0.463. The van der Waals surface area contributed by atoms with Gasteiger partial charge in [-0.2, -0.15) is 0 Å². The van der Waals surface area contributed by atoms with Crippen LogP contribution in [-0.2, 0) is 9.63 Å². The monoisotopic (exact) mass is 370 g/mol. The SMILES string of the molecule is Cc1[nH]c(=O)[nH]c(=O)c1C=NOC(=O)CCN1C(=O)c2ccccc2C1=O. The molecule has 1 aliphatic heterocycles. The van der Waals surface area contributed by atoms with Crippen LogP contribution in [0.25, 0.3) is 0 Å². The number of rotatable bonds is 5. The zero-order valence-electron chi connectivity index (χ0n) is 14.1. The molecular formula is C17H14N4O6. The summed E-state index contributed by atoms with van der Waals surface area (Å²) in [6, 6.07) is 6.39. The number of nitrogens with zero attached hydrogens (tertiary/aromatic N) is 2. The number of fused-ring (bicyclic) bond motifs is 1. The van der Waals surface area contributed by atoms with Crippen LogP contribution in [0.3, 0.4) is 0 Å². The minimum absolute atomic E-state index is 0.0303. The molecule has 0 aliphatic carbocycles. The lowest BCUT2D eigenvalue weighted by atomic mass is 10.1. The van der Waals surface area contributed by atoms with Gasteiger partial charge >= 0.3 is 11.7 Å². The standard InChI is InChI=1S/C17H14N4O6/c1-9-12(14(23)20-17(26)19-9)8-18-27-13(22)6-7-21-15(24)10-4-2-3-5-11(10)16(21)25/h2-5,8H,6-7H2,1H3,(H2,19,20,23,26). The average Bonchev–Trinajstić information content (AvgIpc) is 2.86. The van der Waals surface area contributed by atoms with Crippen molar-refractivity contribution in [1.82, 2.24) is 14.9 Å². The van der Waals surface area contributed by atoms with Crippen molar-refractivity contribution in [2.75, 3.05) is 6.54 Å². The van der Waals surface area contributed by atoms with Gasteiger partial charge in [-0.25, -0.2) is 9.59 Å². The molecule has 1 aromatic carbocycles. The Morgan fingerprint density at radius 1 is 1.11 bits per heavy atom. The Morgan fingerprint density at radius 3 is 2.33 bits per heavy atom. The Kier molecular flexibility index (Phi) is 4.79. The molecule has 0 unspecified atom stereocenters. The molecular weight excluding hydrogens is 356 g/mol. The second-order valence-electron chi connectivity index (χ2n) is 5.70. The number of amides is 2. The predicted molar refractivity (Wildman–Crippen MR) is 92.5 cm³/mol. The first kappa shape index (κ1) is 18.0. The van der Waals surface area contributed by atoms with Gasteiger partial charge < -0.3 is 9.82 Å². The molecule has 27 heavy (non-hydrogen) atoms. The molecule has 0 radical (unpaired) electrons. The number of aryl methyl sites for hydroxylation is 1. The minimum atomic E-state index is -0.790. The van der Waals surface area contributed by atoms with Crippen molar-refractivity contribution >= 4 is 24.0 Å². The molecule has 0 saturated carbocycles. The molecule has 2 heterocycles. The van der Waals surface area contributed by atoms with Crippen molar-refractivity contribution in [2.45, 2.75) is 13.3 Å². The van der Waals surface area contributed by atoms with Gasteiger partial charge in [0.05, 0.1) is 29.3 Å². The highest BCUT2D eigenvalue weighted by molar-refractivity contribution is 6.21. The number of aromatic nitrogens is 2. The molecule has 2 amide bonds. The number of hydrogen-bond donors (Lipinski definition) is 2. The van der Waals surface area contributed by atoms with Crippen molar-refractivity contribution in [2.24, 2.45) is 5.16 Å². The van der Waals surface area contributed by atoms with Gasteiger partial charge in [-0.05, 0) is 19.1 Å². The highest BCUT2D eigenvalue weighted by Gasteiger charge is 2.35. The first-order valence-electron chi connectivity index (χ1n) is 7.90. The van der Waals surface area contributed by atoms with E-state index in [9.17, 15) is 24.0 Å². The zero-order valence-corrected chi connectivity index (χ0v) is 14.1. The van der Waals surface area contributed by atoms with Gasteiger partial charge in [-0.1, -0.05) is 17.3 Å². The number of hydrogen-bond acceptors (Lipinski definition) is 7. The second-order valence-corrected chi connectivity index (χ2v) is 5.70. The summed E-state index contributed by atoms with van der Waals surface area (Å²) < 4.78 is 0. The first-order chi connectivity index (χ1) is 12.9. The summed E-state index contributed by atoms with van der Waals surface area (Å²) in [5, 5.41) is 3.41. The Labute approximate surface area is 151 Å². The maximum absolute atomic E-state index is 12.2. The highest BCUT2D eigenvalue weighted by atomic mass is 16.7. The molecule has 2 aromatic rings. The molecule has 0 fully saturated rings. The summed E-state index contributed by atoms with van der Waals surface area (Å²) in [6.07, 6.45) is 0.730. The zero-order chi connectivity index (χ0) is 19.6. The minimum Gasteiger partial charge on any atom is -0.318 e. The van der Waals surface area contributed by atoms with Gasteiger partial charge in [0.25, 0.3) is 17.4 Å². The molecule has 0 atom stereocenters. The van der Waals surface area contributed by atoms with Crippen molar-refractivity contribution in [3.8, 4) is 0 Å². The van der Waals surface area contributed by atoms with Crippen LogP contribution in [0.2, 0.25) is 0 Å². The van der Waals surface area contributed by atoms with Gasteiger partial charge in [0.1, 0.15) is 0 Å². The van der Waals surface area contributed by atoms with E-state index in [4.69, 9.17) is 0 Å². The van der Waals surface area contributed by atoms with Crippen LogP contribution in [0, 0.1) is 6.92 Å². The van der Waals surface area contributed by atoms with Gasteiger partial charge in [0.15, 0.2) is 0 Å². The molecule has 1 aliphatic rings. The smallest absolute Gasteiger partial charge is 0.318 e. The Bertz CT molecular complexity index is 1050. The van der Waals surface area contributed by atoms with E-state index in [0.29, 0.717) is 11.1 Å². The van der Waals surface area contributed by atoms with Crippen molar-refractivity contribution < 1.29 is 19.2 Å². The van der Waals surface area contributed by atoms with Crippen LogP contribution in [0.1, 0.15) is 38.4 Å². The topological polar surface area (TPSA) is 142 Å². The summed E-state index contributed by atoms with van der Waals surface area (Å²) in [5.74, 6) is -1.73. The van der Waals surface area contributed by atoms with Crippen molar-refractivity contribution in [3.63, 3.8) is 0 Å². The quantitative estimate of drug-likeness (QED) is 0.327. The molecule has 1 aromatic heterocycles. The summed E-state index contributed by atoms with van der Waals surface area (Å²) in [6.45, 7) is 1.33. The largest absolute Gasteiger partial charge is 0.336 e. The van der Waals surface area contributed by atoms with Gasteiger partial charge in [0.2, 0.25) is 0 Å².